The van der Waals surface area contributed by atoms with Gasteiger partial charge in [0.25, 0.3) is 0 Å². The van der Waals surface area contributed by atoms with Gasteiger partial charge in [-0.2, -0.15) is 0 Å². The summed E-state index contributed by atoms with van der Waals surface area (Å²) in [6, 6.07) is 3.56. The molecule has 1 aliphatic rings. The third-order valence-electron chi connectivity index (χ3n) is 2.68. The summed E-state index contributed by atoms with van der Waals surface area (Å²) in [5, 5.41) is 9.33. The number of hydrogen-bond donors (Lipinski definition) is 1. The van der Waals surface area contributed by atoms with Crippen molar-refractivity contribution in [1.29, 1.82) is 0 Å². The van der Waals surface area contributed by atoms with E-state index in [9.17, 15) is 4.79 Å². The van der Waals surface area contributed by atoms with E-state index in [0.29, 0.717) is 36.2 Å². The van der Waals surface area contributed by atoms with Crippen molar-refractivity contribution >= 4 is 17.6 Å². The summed E-state index contributed by atoms with van der Waals surface area (Å²) >= 11 is 6.18. The zero-order chi connectivity index (χ0) is 12.4. The number of rotatable bonds is 3. The van der Waals surface area contributed by atoms with E-state index in [1.807, 2.05) is 0 Å². The summed E-state index contributed by atoms with van der Waals surface area (Å²) in [6.45, 7) is 2.62. The van der Waals surface area contributed by atoms with Gasteiger partial charge < -0.3 is 14.6 Å². The summed E-state index contributed by atoms with van der Waals surface area (Å²) in [4.78, 5) is 10.8. The van der Waals surface area contributed by atoms with Crippen LogP contribution in [0.4, 0.5) is 0 Å². The average Bonchev–Trinajstić information content (AvgIpc) is 2.33. The first-order valence-corrected chi connectivity index (χ1v) is 5.77. The predicted molar refractivity (Wildman–Crippen MR) is 62.9 cm³/mol. The molecule has 5 heteroatoms. The molecule has 0 saturated heterocycles. The van der Waals surface area contributed by atoms with E-state index >= 15 is 0 Å². The Kier molecular flexibility index (Phi) is 3.43. The largest absolute Gasteiger partial charge is 0.486 e. The first kappa shape index (κ1) is 12.0. The van der Waals surface area contributed by atoms with Crippen LogP contribution < -0.4 is 9.47 Å². The van der Waals surface area contributed by atoms with Crippen LogP contribution in [0.25, 0.3) is 0 Å². The highest BCUT2D eigenvalue weighted by Crippen LogP contribution is 2.40. The zero-order valence-corrected chi connectivity index (χ0v) is 10.2. The normalized spacial score (nSPS) is 15.4. The molecule has 17 heavy (non-hydrogen) atoms. The summed E-state index contributed by atoms with van der Waals surface area (Å²) in [7, 11) is 0. The van der Waals surface area contributed by atoms with E-state index in [1.54, 1.807) is 19.1 Å². The Morgan fingerprint density at radius 1 is 1.47 bits per heavy atom. The Balaban J connectivity index is 2.27. The molecule has 1 atom stereocenters. The molecule has 0 amide bonds. The van der Waals surface area contributed by atoms with Crippen LogP contribution in [0.2, 0.25) is 5.02 Å². The van der Waals surface area contributed by atoms with Crippen molar-refractivity contribution < 1.29 is 19.4 Å². The maximum atomic E-state index is 10.8. The van der Waals surface area contributed by atoms with Crippen molar-refractivity contribution in [1.82, 2.24) is 0 Å². The maximum absolute atomic E-state index is 10.8. The van der Waals surface area contributed by atoms with Crippen molar-refractivity contribution in [3.63, 3.8) is 0 Å². The first-order valence-electron chi connectivity index (χ1n) is 5.39. The average molecular weight is 257 g/mol. The number of carboxylic acid groups (broad SMARTS) is 1. The van der Waals surface area contributed by atoms with Crippen LogP contribution in [0.1, 0.15) is 12.5 Å². The van der Waals surface area contributed by atoms with Gasteiger partial charge in [-0.05, 0) is 18.1 Å². The lowest BCUT2D eigenvalue weighted by atomic mass is 10.0. The SMILES string of the molecule is CC(Cc1ccc2c(c1Cl)OCCO2)C(=O)O. The molecule has 0 aliphatic carbocycles. The number of fused-ring (bicyclic) bond motifs is 1. The Labute approximate surface area is 104 Å². The van der Waals surface area contributed by atoms with Gasteiger partial charge in [-0.3, -0.25) is 4.79 Å². The topological polar surface area (TPSA) is 55.8 Å². The first-order chi connectivity index (χ1) is 8.09. The third kappa shape index (κ3) is 2.47. The summed E-state index contributed by atoms with van der Waals surface area (Å²) in [5.74, 6) is -0.174. The number of carbonyl (C=O) groups is 1. The Bertz CT molecular complexity index is 444. The fourth-order valence-corrected chi connectivity index (χ4v) is 1.99. The molecule has 0 spiro atoms. The number of halogens is 1. The minimum atomic E-state index is -0.837. The lowest BCUT2D eigenvalue weighted by Gasteiger charge is -2.21. The molecule has 1 aromatic carbocycles. The number of hydrogen-bond acceptors (Lipinski definition) is 3. The van der Waals surface area contributed by atoms with Crippen LogP contribution >= 0.6 is 11.6 Å². The fraction of sp³-hybridized carbons (Fsp3) is 0.417. The smallest absolute Gasteiger partial charge is 0.306 e. The molecule has 1 N–H and O–H groups in total. The second-order valence-corrected chi connectivity index (χ2v) is 4.38. The van der Waals surface area contributed by atoms with Gasteiger partial charge in [-0.15, -0.1) is 0 Å². The molecule has 0 fully saturated rings. The second kappa shape index (κ2) is 4.84. The van der Waals surface area contributed by atoms with Crippen molar-refractivity contribution in [3.8, 4) is 11.5 Å². The Morgan fingerprint density at radius 2 is 2.18 bits per heavy atom. The zero-order valence-electron chi connectivity index (χ0n) is 9.40. The highest BCUT2D eigenvalue weighted by atomic mass is 35.5. The highest BCUT2D eigenvalue weighted by Gasteiger charge is 2.20. The molecule has 92 valence electrons. The van der Waals surface area contributed by atoms with Gasteiger partial charge in [0.05, 0.1) is 10.9 Å². The van der Waals surface area contributed by atoms with Gasteiger partial charge >= 0.3 is 5.97 Å². The number of ether oxygens (including phenoxy) is 2. The molecule has 0 aromatic heterocycles. The van der Waals surface area contributed by atoms with Gasteiger partial charge in [0.2, 0.25) is 0 Å². The standard InChI is InChI=1S/C12H13ClO4/c1-7(12(14)15)6-8-2-3-9-11(10(8)13)17-5-4-16-9/h2-3,7H,4-6H2,1H3,(H,14,15). The molecule has 1 aliphatic heterocycles. The second-order valence-electron chi connectivity index (χ2n) is 4.01. The molecular formula is C12H13ClO4. The van der Waals surface area contributed by atoms with E-state index in [1.165, 1.54) is 0 Å². The third-order valence-corrected chi connectivity index (χ3v) is 3.09. The quantitative estimate of drug-likeness (QED) is 0.902. The molecular weight excluding hydrogens is 244 g/mol. The van der Waals surface area contributed by atoms with E-state index in [4.69, 9.17) is 26.2 Å². The molecule has 1 aromatic rings. The van der Waals surface area contributed by atoms with Crippen LogP contribution in [0.3, 0.4) is 0 Å². The molecule has 0 saturated carbocycles. The van der Waals surface area contributed by atoms with Gasteiger partial charge in [-0.25, -0.2) is 0 Å². The van der Waals surface area contributed by atoms with Gasteiger partial charge in [0, 0.05) is 0 Å². The predicted octanol–water partition coefficient (Wildman–Crippen LogP) is 2.37. The molecule has 1 unspecified atom stereocenters. The number of aliphatic carboxylic acids is 1. The van der Waals surface area contributed by atoms with E-state index in [0.717, 1.165) is 5.56 Å². The minimum Gasteiger partial charge on any atom is -0.486 e. The lowest BCUT2D eigenvalue weighted by Crippen LogP contribution is -2.17. The molecule has 2 rings (SSSR count). The highest BCUT2D eigenvalue weighted by molar-refractivity contribution is 6.33. The van der Waals surface area contributed by atoms with Crippen LogP contribution in [-0.2, 0) is 11.2 Å². The van der Waals surface area contributed by atoms with Crippen molar-refractivity contribution in [2.75, 3.05) is 13.2 Å². The number of carboxylic acids is 1. The Morgan fingerprint density at radius 3 is 2.88 bits per heavy atom. The summed E-state index contributed by atoms with van der Waals surface area (Å²) in [5.41, 5.74) is 0.769. The Hall–Kier alpha value is -1.42. The van der Waals surface area contributed by atoms with Gasteiger partial charge in [0.15, 0.2) is 11.5 Å². The molecule has 0 radical (unpaired) electrons. The maximum Gasteiger partial charge on any atom is 0.306 e. The lowest BCUT2D eigenvalue weighted by molar-refractivity contribution is -0.141. The molecule has 4 nitrogen and oxygen atoms in total. The molecule has 1 heterocycles. The van der Waals surface area contributed by atoms with Crippen molar-refractivity contribution in [2.24, 2.45) is 5.92 Å². The summed E-state index contributed by atoms with van der Waals surface area (Å²) < 4.78 is 10.8. The molecule has 0 bridgehead atoms. The minimum absolute atomic E-state index is 0.380. The van der Waals surface area contributed by atoms with E-state index in [2.05, 4.69) is 0 Å². The van der Waals surface area contributed by atoms with Crippen LogP contribution in [0.5, 0.6) is 11.5 Å². The fourth-order valence-electron chi connectivity index (χ4n) is 1.70. The van der Waals surface area contributed by atoms with Crippen LogP contribution in [0.15, 0.2) is 12.1 Å². The van der Waals surface area contributed by atoms with Gasteiger partial charge in [-0.1, -0.05) is 24.6 Å². The monoisotopic (exact) mass is 256 g/mol. The summed E-state index contributed by atoms with van der Waals surface area (Å²) in [6.07, 6.45) is 0.380. The van der Waals surface area contributed by atoms with E-state index in [-0.39, 0.29) is 0 Å². The van der Waals surface area contributed by atoms with Crippen LogP contribution in [0, 0.1) is 5.92 Å². The van der Waals surface area contributed by atoms with E-state index < -0.39 is 11.9 Å². The van der Waals surface area contributed by atoms with Gasteiger partial charge in [0.1, 0.15) is 13.2 Å². The van der Waals surface area contributed by atoms with Crippen molar-refractivity contribution in [2.45, 2.75) is 13.3 Å². The number of benzene rings is 1. The van der Waals surface area contributed by atoms with Crippen molar-refractivity contribution in [3.05, 3.63) is 22.7 Å². The van der Waals surface area contributed by atoms with Crippen LogP contribution in [-0.4, -0.2) is 24.3 Å².